The molecule has 0 aliphatic heterocycles. The van der Waals surface area contributed by atoms with Crippen molar-refractivity contribution in [2.75, 3.05) is 26.9 Å². The number of hydrogen-bond donors (Lipinski definition) is 1. The number of carboxylic acids is 1. The predicted molar refractivity (Wildman–Crippen MR) is 55.8 cm³/mol. The highest BCUT2D eigenvalue weighted by molar-refractivity contribution is 5.74. The Morgan fingerprint density at radius 3 is 2.47 bits per heavy atom. The number of ether oxygens (including phenoxy) is 2. The van der Waals surface area contributed by atoms with Gasteiger partial charge in [-0.2, -0.15) is 0 Å². The molecule has 0 unspecified atom stereocenters. The SMILES string of the molecule is COCCOCCC1(C(=O)O)CCCC1. The van der Waals surface area contributed by atoms with Crippen molar-refractivity contribution in [2.24, 2.45) is 5.41 Å². The third kappa shape index (κ3) is 3.47. The second-order valence-electron chi connectivity index (χ2n) is 4.15. The molecular weight excluding hydrogens is 196 g/mol. The van der Waals surface area contributed by atoms with Gasteiger partial charge in [-0.1, -0.05) is 12.8 Å². The zero-order chi connectivity index (χ0) is 11.1. The van der Waals surface area contributed by atoms with Gasteiger partial charge in [0.1, 0.15) is 0 Å². The second kappa shape index (κ2) is 6.08. The molecule has 1 N–H and O–H groups in total. The van der Waals surface area contributed by atoms with E-state index in [0.717, 1.165) is 25.7 Å². The lowest BCUT2D eigenvalue weighted by Gasteiger charge is -2.23. The van der Waals surface area contributed by atoms with E-state index in [4.69, 9.17) is 9.47 Å². The van der Waals surface area contributed by atoms with Crippen LogP contribution in [0.5, 0.6) is 0 Å². The van der Waals surface area contributed by atoms with E-state index in [1.165, 1.54) is 0 Å². The highest BCUT2D eigenvalue weighted by atomic mass is 16.5. The Kier molecular flexibility index (Phi) is 5.05. The maximum atomic E-state index is 11.2. The average molecular weight is 216 g/mol. The van der Waals surface area contributed by atoms with Gasteiger partial charge in [0.2, 0.25) is 0 Å². The number of methoxy groups -OCH3 is 1. The van der Waals surface area contributed by atoms with Crippen LogP contribution in [0.1, 0.15) is 32.1 Å². The Morgan fingerprint density at radius 2 is 1.93 bits per heavy atom. The molecule has 0 spiro atoms. The van der Waals surface area contributed by atoms with Crippen LogP contribution in [0.15, 0.2) is 0 Å². The molecular formula is C11H20O4. The van der Waals surface area contributed by atoms with Crippen molar-refractivity contribution in [2.45, 2.75) is 32.1 Å². The third-order valence-corrected chi connectivity index (χ3v) is 3.17. The fourth-order valence-corrected chi connectivity index (χ4v) is 2.13. The summed E-state index contributed by atoms with van der Waals surface area (Å²) in [4.78, 5) is 11.2. The molecule has 88 valence electrons. The molecule has 4 heteroatoms. The van der Waals surface area contributed by atoms with Gasteiger partial charge in [-0.25, -0.2) is 0 Å². The van der Waals surface area contributed by atoms with E-state index in [-0.39, 0.29) is 0 Å². The maximum absolute atomic E-state index is 11.2. The van der Waals surface area contributed by atoms with E-state index in [0.29, 0.717) is 26.2 Å². The van der Waals surface area contributed by atoms with Gasteiger partial charge in [0, 0.05) is 13.7 Å². The molecule has 1 fully saturated rings. The third-order valence-electron chi connectivity index (χ3n) is 3.17. The normalized spacial score (nSPS) is 19.3. The number of hydrogen-bond acceptors (Lipinski definition) is 3. The lowest BCUT2D eigenvalue weighted by Crippen LogP contribution is -2.29. The summed E-state index contributed by atoms with van der Waals surface area (Å²) >= 11 is 0. The quantitative estimate of drug-likeness (QED) is 0.658. The van der Waals surface area contributed by atoms with Crippen LogP contribution in [-0.4, -0.2) is 38.0 Å². The van der Waals surface area contributed by atoms with Gasteiger partial charge in [0.15, 0.2) is 0 Å². The van der Waals surface area contributed by atoms with Gasteiger partial charge >= 0.3 is 5.97 Å². The maximum Gasteiger partial charge on any atom is 0.309 e. The zero-order valence-corrected chi connectivity index (χ0v) is 9.33. The average Bonchev–Trinajstić information content (AvgIpc) is 2.67. The molecule has 0 bridgehead atoms. The summed E-state index contributed by atoms with van der Waals surface area (Å²) in [5, 5.41) is 9.19. The Hall–Kier alpha value is -0.610. The van der Waals surface area contributed by atoms with Crippen LogP contribution in [0.2, 0.25) is 0 Å². The van der Waals surface area contributed by atoms with Crippen LogP contribution in [-0.2, 0) is 14.3 Å². The standard InChI is InChI=1S/C11H20O4/c1-14-8-9-15-7-6-11(10(12)13)4-2-3-5-11/h2-9H2,1H3,(H,12,13). The summed E-state index contributed by atoms with van der Waals surface area (Å²) in [5.74, 6) is -0.657. The van der Waals surface area contributed by atoms with Crippen molar-refractivity contribution in [3.8, 4) is 0 Å². The van der Waals surface area contributed by atoms with Crippen molar-refractivity contribution in [1.82, 2.24) is 0 Å². The van der Waals surface area contributed by atoms with E-state index in [9.17, 15) is 9.90 Å². The van der Waals surface area contributed by atoms with Gasteiger partial charge < -0.3 is 14.6 Å². The van der Waals surface area contributed by atoms with Crippen molar-refractivity contribution >= 4 is 5.97 Å². The Balaban J connectivity index is 2.24. The molecule has 1 saturated carbocycles. The molecule has 0 radical (unpaired) electrons. The molecule has 4 nitrogen and oxygen atoms in total. The first-order valence-electron chi connectivity index (χ1n) is 5.51. The summed E-state index contributed by atoms with van der Waals surface area (Å²) in [5.41, 5.74) is -0.507. The van der Waals surface area contributed by atoms with Crippen molar-refractivity contribution in [3.63, 3.8) is 0 Å². The lowest BCUT2D eigenvalue weighted by molar-refractivity contribution is -0.150. The molecule has 0 heterocycles. The van der Waals surface area contributed by atoms with Crippen LogP contribution in [0.4, 0.5) is 0 Å². The summed E-state index contributed by atoms with van der Waals surface area (Å²) in [7, 11) is 1.62. The van der Waals surface area contributed by atoms with Crippen molar-refractivity contribution in [1.29, 1.82) is 0 Å². The number of rotatable bonds is 7. The number of carboxylic acid groups (broad SMARTS) is 1. The van der Waals surface area contributed by atoms with Crippen LogP contribution >= 0.6 is 0 Å². The Bertz CT molecular complexity index is 197. The first-order valence-corrected chi connectivity index (χ1v) is 5.51. The van der Waals surface area contributed by atoms with E-state index in [1.807, 2.05) is 0 Å². The van der Waals surface area contributed by atoms with E-state index < -0.39 is 11.4 Å². The molecule has 15 heavy (non-hydrogen) atoms. The second-order valence-corrected chi connectivity index (χ2v) is 4.15. The molecule has 0 amide bonds. The molecule has 0 aromatic rings. The smallest absolute Gasteiger partial charge is 0.309 e. The topological polar surface area (TPSA) is 55.8 Å². The predicted octanol–water partition coefficient (Wildman–Crippen LogP) is 1.68. The summed E-state index contributed by atoms with van der Waals surface area (Å²) in [6.45, 7) is 1.64. The fraction of sp³-hybridized carbons (Fsp3) is 0.909. The van der Waals surface area contributed by atoms with Crippen molar-refractivity contribution < 1.29 is 19.4 Å². The van der Waals surface area contributed by atoms with Crippen LogP contribution in [0.25, 0.3) is 0 Å². The Labute approximate surface area is 90.6 Å². The first kappa shape index (κ1) is 12.5. The number of carbonyl (C=O) groups is 1. The van der Waals surface area contributed by atoms with E-state index in [1.54, 1.807) is 7.11 Å². The summed E-state index contributed by atoms with van der Waals surface area (Å²) in [6.07, 6.45) is 4.30. The van der Waals surface area contributed by atoms with Crippen LogP contribution < -0.4 is 0 Å². The summed E-state index contributed by atoms with van der Waals surface area (Å²) in [6, 6.07) is 0. The highest BCUT2D eigenvalue weighted by Gasteiger charge is 2.40. The van der Waals surface area contributed by atoms with Gasteiger partial charge in [-0.3, -0.25) is 4.79 Å². The molecule has 0 saturated heterocycles. The van der Waals surface area contributed by atoms with Crippen LogP contribution in [0, 0.1) is 5.41 Å². The lowest BCUT2D eigenvalue weighted by atomic mass is 9.83. The summed E-state index contributed by atoms with van der Waals surface area (Å²) < 4.78 is 10.2. The minimum Gasteiger partial charge on any atom is -0.481 e. The zero-order valence-electron chi connectivity index (χ0n) is 9.33. The molecule has 0 aromatic heterocycles. The molecule has 1 aliphatic rings. The monoisotopic (exact) mass is 216 g/mol. The fourth-order valence-electron chi connectivity index (χ4n) is 2.13. The van der Waals surface area contributed by atoms with Gasteiger partial charge in [-0.15, -0.1) is 0 Å². The van der Waals surface area contributed by atoms with E-state index in [2.05, 4.69) is 0 Å². The minimum atomic E-state index is -0.657. The van der Waals surface area contributed by atoms with Gasteiger partial charge in [0.05, 0.1) is 18.6 Å². The van der Waals surface area contributed by atoms with Gasteiger partial charge in [0.25, 0.3) is 0 Å². The van der Waals surface area contributed by atoms with Crippen molar-refractivity contribution in [3.05, 3.63) is 0 Å². The minimum absolute atomic E-state index is 0.507. The highest BCUT2D eigenvalue weighted by Crippen LogP contribution is 2.41. The first-order chi connectivity index (χ1) is 7.21. The Morgan fingerprint density at radius 1 is 1.27 bits per heavy atom. The molecule has 1 aliphatic carbocycles. The largest absolute Gasteiger partial charge is 0.481 e. The molecule has 0 aromatic carbocycles. The van der Waals surface area contributed by atoms with E-state index >= 15 is 0 Å². The van der Waals surface area contributed by atoms with Gasteiger partial charge in [-0.05, 0) is 19.3 Å². The number of aliphatic carboxylic acids is 1. The molecule has 0 atom stereocenters. The van der Waals surface area contributed by atoms with Crippen LogP contribution in [0.3, 0.4) is 0 Å². The molecule has 1 rings (SSSR count).